The molecule has 0 aliphatic carbocycles. The van der Waals surface area contributed by atoms with Gasteiger partial charge in [0.1, 0.15) is 5.75 Å². The zero-order chi connectivity index (χ0) is 11.4. The number of hydrogen-bond donors (Lipinski definition) is 1. The Kier molecular flexibility index (Phi) is 3.49. The second-order valence-electron chi connectivity index (χ2n) is 3.31. The summed E-state index contributed by atoms with van der Waals surface area (Å²) in [5, 5.41) is 9.38. The van der Waals surface area contributed by atoms with E-state index in [0.29, 0.717) is 10.8 Å². The molecule has 0 saturated carbocycles. The fourth-order valence-electron chi connectivity index (χ4n) is 1.51. The Morgan fingerprint density at radius 1 is 1.00 bits per heavy atom. The molecule has 1 N–H and O–H groups in total. The Bertz CT molecular complexity index is 488. The Balaban J connectivity index is 2.36. The molecule has 0 atom stereocenters. The van der Waals surface area contributed by atoms with Crippen LogP contribution in [0.1, 0.15) is 0 Å². The summed E-state index contributed by atoms with van der Waals surface area (Å²) in [7, 11) is -0.320. The van der Waals surface area contributed by atoms with Crippen LogP contribution in [0.15, 0.2) is 48.5 Å². The molecule has 0 spiro atoms. The van der Waals surface area contributed by atoms with Gasteiger partial charge in [-0.25, -0.2) is 0 Å². The molecule has 4 heteroatoms. The predicted molar refractivity (Wildman–Crippen MR) is 66.9 cm³/mol. The Morgan fingerprint density at radius 2 is 1.69 bits per heavy atom. The van der Waals surface area contributed by atoms with Crippen LogP contribution < -0.4 is 4.65 Å². The van der Waals surface area contributed by atoms with Crippen LogP contribution in [0.5, 0.6) is 5.75 Å². The highest BCUT2D eigenvalue weighted by Crippen LogP contribution is 2.25. The van der Waals surface area contributed by atoms with Crippen molar-refractivity contribution in [2.45, 2.75) is 0 Å². The van der Waals surface area contributed by atoms with Crippen molar-refractivity contribution in [2.24, 2.45) is 0 Å². The summed E-state index contributed by atoms with van der Waals surface area (Å²) in [5.74, 6) is 0.639. The largest absolute Gasteiger partial charge is 0.539 e. The summed E-state index contributed by atoms with van der Waals surface area (Å²) in [4.78, 5) is 0. The standard InChI is InChI=1S/C12H10BClO2/c14-11-5-1-3-9(7-11)10-4-2-6-12(8-10)16-13-15/h1-8,13,15H. The highest BCUT2D eigenvalue weighted by atomic mass is 35.5. The molecule has 0 heterocycles. The van der Waals surface area contributed by atoms with E-state index in [2.05, 4.69) is 0 Å². The van der Waals surface area contributed by atoms with Crippen molar-refractivity contribution in [3.05, 3.63) is 53.6 Å². The fourth-order valence-corrected chi connectivity index (χ4v) is 1.70. The maximum atomic E-state index is 8.68. The van der Waals surface area contributed by atoms with Gasteiger partial charge in [0.2, 0.25) is 0 Å². The summed E-state index contributed by atoms with van der Waals surface area (Å²) in [6, 6.07) is 15.1. The zero-order valence-electron chi connectivity index (χ0n) is 8.56. The fraction of sp³-hybridized carbons (Fsp3) is 0. The third-order valence-electron chi connectivity index (χ3n) is 2.22. The molecule has 2 aromatic rings. The van der Waals surface area contributed by atoms with Gasteiger partial charge >= 0.3 is 7.69 Å². The Labute approximate surface area is 99.8 Å². The van der Waals surface area contributed by atoms with Gasteiger partial charge in [-0.05, 0) is 35.4 Å². The van der Waals surface area contributed by atoms with Crippen molar-refractivity contribution in [3.8, 4) is 16.9 Å². The molecule has 80 valence electrons. The van der Waals surface area contributed by atoms with Gasteiger partial charge < -0.3 is 9.68 Å². The Hall–Kier alpha value is -1.45. The minimum absolute atomic E-state index is 0.320. The van der Waals surface area contributed by atoms with E-state index in [1.54, 1.807) is 6.07 Å². The first-order valence-electron chi connectivity index (χ1n) is 4.89. The van der Waals surface area contributed by atoms with Crippen molar-refractivity contribution in [2.75, 3.05) is 0 Å². The van der Waals surface area contributed by atoms with Crippen LogP contribution in [0.4, 0.5) is 0 Å². The van der Waals surface area contributed by atoms with Crippen molar-refractivity contribution in [1.82, 2.24) is 0 Å². The van der Waals surface area contributed by atoms with Crippen LogP contribution in [-0.4, -0.2) is 12.7 Å². The molecule has 2 rings (SSSR count). The third-order valence-corrected chi connectivity index (χ3v) is 2.46. The summed E-state index contributed by atoms with van der Waals surface area (Å²) in [6.07, 6.45) is 0. The van der Waals surface area contributed by atoms with Crippen molar-refractivity contribution < 1.29 is 9.68 Å². The second kappa shape index (κ2) is 5.06. The van der Waals surface area contributed by atoms with Crippen LogP contribution in [0.25, 0.3) is 11.1 Å². The Morgan fingerprint density at radius 3 is 2.38 bits per heavy atom. The van der Waals surface area contributed by atoms with Crippen LogP contribution in [-0.2, 0) is 0 Å². The molecule has 0 amide bonds. The summed E-state index contributed by atoms with van der Waals surface area (Å²) in [5.41, 5.74) is 2.03. The lowest BCUT2D eigenvalue weighted by Crippen LogP contribution is -1.99. The highest BCUT2D eigenvalue weighted by Gasteiger charge is 2.00. The van der Waals surface area contributed by atoms with Crippen molar-refractivity contribution >= 4 is 19.3 Å². The predicted octanol–water partition coefficient (Wildman–Crippen LogP) is 2.64. The normalized spacial score (nSPS) is 9.88. The highest BCUT2D eigenvalue weighted by molar-refractivity contribution is 6.30. The maximum absolute atomic E-state index is 8.68. The van der Waals surface area contributed by atoms with Gasteiger partial charge in [-0.3, -0.25) is 0 Å². The summed E-state index contributed by atoms with van der Waals surface area (Å²) >= 11 is 5.92. The first kappa shape index (κ1) is 11.1. The van der Waals surface area contributed by atoms with E-state index < -0.39 is 0 Å². The molecular weight excluding hydrogens is 222 g/mol. The van der Waals surface area contributed by atoms with Gasteiger partial charge in [-0.2, -0.15) is 0 Å². The van der Waals surface area contributed by atoms with Crippen LogP contribution >= 0.6 is 11.6 Å². The molecule has 0 saturated heterocycles. The van der Waals surface area contributed by atoms with E-state index in [4.69, 9.17) is 21.3 Å². The summed E-state index contributed by atoms with van der Waals surface area (Å²) < 4.78 is 5.02. The SMILES string of the molecule is OBOc1cccc(-c2cccc(Cl)c2)c1. The number of benzene rings is 2. The van der Waals surface area contributed by atoms with Gasteiger partial charge in [-0.15, -0.1) is 0 Å². The number of hydrogen-bond acceptors (Lipinski definition) is 2. The number of rotatable bonds is 3. The molecule has 2 aromatic carbocycles. The monoisotopic (exact) mass is 232 g/mol. The average Bonchev–Trinajstić information content (AvgIpc) is 2.30. The smallest absolute Gasteiger partial charge is 0.504 e. The molecule has 0 radical (unpaired) electrons. The van der Waals surface area contributed by atoms with Gasteiger partial charge in [-0.1, -0.05) is 35.9 Å². The van der Waals surface area contributed by atoms with Gasteiger partial charge in [0.15, 0.2) is 0 Å². The lowest BCUT2D eigenvalue weighted by atomic mass is 10.1. The van der Waals surface area contributed by atoms with E-state index in [1.165, 1.54) is 0 Å². The second-order valence-corrected chi connectivity index (χ2v) is 3.75. The van der Waals surface area contributed by atoms with Gasteiger partial charge in [0.25, 0.3) is 0 Å². The van der Waals surface area contributed by atoms with Gasteiger partial charge in [0.05, 0.1) is 0 Å². The van der Waals surface area contributed by atoms with Crippen LogP contribution in [0.2, 0.25) is 5.02 Å². The molecule has 2 nitrogen and oxygen atoms in total. The molecule has 0 aliphatic rings. The molecule has 16 heavy (non-hydrogen) atoms. The first-order valence-corrected chi connectivity index (χ1v) is 5.27. The average molecular weight is 232 g/mol. The first-order chi connectivity index (χ1) is 7.79. The van der Waals surface area contributed by atoms with E-state index >= 15 is 0 Å². The van der Waals surface area contributed by atoms with E-state index in [0.717, 1.165) is 11.1 Å². The minimum Gasteiger partial charge on any atom is -0.539 e. The molecule has 0 aliphatic heterocycles. The van der Waals surface area contributed by atoms with Crippen molar-refractivity contribution in [3.63, 3.8) is 0 Å². The maximum Gasteiger partial charge on any atom is 0.504 e. The molecule has 0 unspecified atom stereocenters. The van der Waals surface area contributed by atoms with Crippen molar-refractivity contribution in [1.29, 1.82) is 0 Å². The zero-order valence-corrected chi connectivity index (χ0v) is 9.32. The van der Waals surface area contributed by atoms with Gasteiger partial charge in [0, 0.05) is 5.02 Å². The van der Waals surface area contributed by atoms with E-state index in [-0.39, 0.29) is 7.69 Å². The molecular formula is C12H10BClO2. The lowest BCUT2D eigenvalue weighted by Gasteiger charge is -2.06. The van der Waals surface area contributed by atoms with Crippen LogP contribution in [0.3, 0.4) is 0 Å². The quantitative estimate of drug-likeness (QED) is 0.825. The van der Waals surface area contributed by atoms with E-state index in [1.807, 2.05) is 42.5 Å². The third kappa shape index (κ3) is 2.57. The summed E-state index contributed by atoms with van der Waals surface area (Å²) in [6.45, 7) is 0. The molecule has 0 bridgehead atoms. The molecule has 0 fully saturated rings. The molecule has 0 aromatic heterocycles. The number of halogens is 1. The lowest BCUT2D eigenvalue weighted by molar-refractivity contribution is 0.454. The van der Waals surface area contributed by atoms with Crippen LogP contribution in [0, 0.1) is 0 Å². The minimum atomic E-state index is -0.320. The van der Waals surface area contributed by atoms with E-state index in [9.17, 15) is 0 Å². The topological polar surface area (TPSA) is 29.5 Å².